The Labute approximate surface area is 119 Å². The molecule has 0 bridgehead atoms. The lowest BCUT2D eigenvalue weighted by atomic mass is 10.00. The standard InChI is InChI=1S/C14H12BrClFN/c15-12-8-10(17)6-5-9(12)7-14(18)11-3-1-2-4-13(11)16/h1-6,8,14H,7,18H2. The molecule has 1 atom stereocenters. The Morgan fingerprint density at radius 1 is 1.22 bits per heavy atom. The molecule has 2 aromatic carbocycles. The van der Waals surface area contributed by atoms with Crippen molar-refractivity contribution in [3.8, 4) is 0 Å². The highest BCUT2D eigenvalue weighted by Gasteiger charge is 2.12. The van der Waals surface area contributed by atoms with Crippen LogP contribution < -0.4 is 5.73 Å². The fourth-order valence-electron chi connectivity index (χ4n) is 1.81. The summed E-state index contributed by atoms with van der Waals surface area (Å²) in [5.74, 6) is -0.267. The zero-order valence-electron chi connectivity index (χ0n) is 9.54. The van der Waals surface area contributed by atoms with Gasteiger partial charge in [0.05, 0.1) is 0 Å². The van der Waals surface area contributed by atoms with Gasteiger partial charge in [0.1, 0.15) is 5.82 Å². The van der Waals surface area contributed by atoms with Crippen molar-refractivity contribution in [1.82, 2.24) is 0 Å². The van der Waals surface area contributed by atoms with Gasteiger partial charge in [0, 0.05) is 15.5 Å². The van der Waals surface area contributed by atoms with Crippen LogP contribution in [0.1, 0.15) is 17.2 Å². The summed E-state index contributed by atoms with van der Waals surface area (Å²) in [6, 6.07) is 11.9. The average molecular weight is 329 g/mol. The molecule has 0 aliphatic rings. The molecule has 0 aliphatic heterocycles. The predicted octanol–water partition coefficient (Wildman–Crippen LogP) is 4.48. The van der Waals surface area contributed by atoms with Gasteiger partial charge in [0.15, 0.2) is 0 Å². The largest absolute Gasteiger partial charge is 0.324 e. The first-order valence-electron chi connectivity index (χ1n) is 5.52. The van der Waals surface area contributed by atoms with Crippen LogP contribution in [0.15, 0.2) is 46.9 Å². The zero-order chi connectivity index (χ0) is 13.1. The van der Waals surface area contributed by atoms with Gasteiger partial charge in [-0.25, -0.2) is 4.39 Å². The average Bonchev–Trinajstić information content (AvgIpc) is 2.33. The molecule has 94 valence electrons. The van der Waals surface area contributed by atoms with Crippen LogP contribution >= 0.6 is 27.5 Å². The van der Waals surface area contributed by atoms with Crippen molar-refractivity contribution in [3.63, 3.8) is 0 Å². The molecule has 1 unspecified atom stereocenters. The number of benzene rings is 2. The molecule has 1 nitrogen and oxygen atoms in total. The highest BCUT2D eigenvalue weighted by atomic mass is 79.9. The van der Waals surface area contributed by atoms with E-state index < -0.39 is 0 Å². The van der Waals surface area contributed by atoms with Crippen molar-refractivity contribution >= 4 is 27.5 Å². The Hall–Kier alpha value is -0.900. The second kappa shape index (κ2) is 5.83. The van der Waals surface area contributed by atoms with E-state index in [0.717, 1.165) is 15.6 Å². The summed E-state index contributed by atoms with van der Waals surface area (Å²) in [4.78, 5) is 0. The molecule has 0 saturated carbocycles. The third kappa shape index (κ3) is 3.10. The molecule has 0 radical (unpaired) electrons. The van der Waals surface area contributed by atoms with Gasteiger partial charge < -0.3 is 5.73 Å². The molecule has 0 heterocycles. The van der Waals surface area contributed by atoms with Gasteiger partial charge >= 0.3 is 0 Å². The van der Waals surface area contributed by atoms with Crippen LogP contribution in [0, 0.1) is 5.82 Å². The summed E-state index contributed by atoms with van der Waals surface area (Å²) in [5.41, 5.74) is 8.00. The molecule has 4 heteroatoms. The molecule has 18 heavy (non-hydrogen) atoms. The molecular formula is C14H12BrClFN. The highest BCUT2D eigenvalue weighted by Crippen LogP contribution is 2.27. The van der Waals surface area contributed by atoms with E-state index in [-0.39, 0.29) is 11.9 Å². The molecule has 2 rings (SSSR count). The van der Waals surface area contributed by atoms with Crippen LogP contribution in [0.4, 0.5) is 4.39 Å². The smallest absolute Gasteiger partial charge is 0.124 e. The minimum absolute atomic E-state index is 0.208. The van der Waals surface area contributed by atoms with E-state index in [1.54, 1.807) is 6.07 Å². The monoisotopic (exact) mass is 327 g/mol. The predicted molar refractivity (Wildman–Crippen MR) is 76.2 cm³/mol. The van der Waals surface area contributed by atoms with Crippen LogP contribution in [0.5, 0.6) is 0 Å². The molecule has 0 saturated heterocycles. The Balaban J connectivity index is 2.21. The molecular weight excluding hydrogens is 317 g/mol. The second-order valence-corrected chi connectivity index (χ2v) is 5.33. The molecule has 2 aromatic rings. The van der Waals surface area contributed by atoms with E-state index in [0.29, 0.717) is 11.4 Å². The van der Waals surface area contributed by atoms with Crippen LogP contribution in [0.25, 0.3) is 0 Å². The number of hydrogen-bond donors (Lipinski definition) is 1. The van der Waals surface area contributed by atoms with E-state index in [4.69, 9.17) is 17.3 Å². The van der Waals surface area contributed by atoms with Crippen molar-refractivity contribution in [2.45, 2.75) is 12.5 Å². The van der Waals surface area contributed by atoms with Crippen LogP contribution in [0.3, 0.4) is 0 Å². The summed E-state index contributed by atoms with van der Waals surface area (Å²) in [6.45, 7) is 0. The van der Waals surface area contributed by atoms with E-state index in [9.17, 15) is 4.39 Å². The highest BCUT2D eigenvalue weighted by molar-refractivity contribution is 9.10. The minimum atomic E-state index is -0.267. The van der Waals surface area contributed by atoms with Crippen molar-refractivity contribution in [2.75, 3.05) is 0 Å². The zero-order valence-corrected chi connectivity index (χ0v) is 11.9. The summed E-state index contributed by atoms with van der Waals surface area (Å²) in [7, 11) is 0. The van der Waals surface area contributed by atoms with Gasteiger partial charge in [0.25, 0.3) is 0 Å². The van der Waals surface area contributed by atoms with Crippen molar-refractivity contribution in [1.29, 1.82) is 0 Å². The van der Waals surface area contributed by atoms with E-state index >= 15 is 0 Å². The molecule has 2 N–H and O–H groups in total. The third-order valence-corrected chi connectivity index (χ3v) is 3.84. The molecule has 0 amide bonds. The minimum Gasteiger partial charge on any atom is -0.324 e. The fourth-order valence-corrected chi connectivity index (χ4v) is 2.60. The summed E-state index contributed by atoms with van der Waals surface area (Å²) in [5, 5.41) is 0.656. The van der Waals surface area contributed by atoms with Crippen molar-refractivity contribution < 1.29 is 4.39 Å². The lowest BCUT2D eigenvalue weighted by molar-refractivity contribution is 0.624. The van der Waals surface area contributed by atoms with Crippen molar-refractivity contribution in [3.05, 3.63) is 68.9 Å². The Bertz CT molecular complexity index is 559. The Morgan fingerprint density at radius 3 is 2.61 bits per heavy atom. The van der Waals surface area contributed by atoms with Gasteiger partial charge in [-0.2, -0.15) is 0 Å². The van der Waals surface area contributed by atoms with Gasteiger partial charge in [-0.1, -0.05) is 51.8 Å². The van der Waals surface area contributed by atoms with E-state index in [1.165, 1.54) is 12.1 Å². The van der Waals surface area contributed by atoms with Crippen LogP contribution in [-0.4, -0.2) is 0 Å². The number of nitrogens with two attached hydrogens (primary N) is 1. The maximum atomic E-state index is 13.0. The van der Waals surface area contributed by atoms with Gasteiger partial charge in [-0.05, 0) is 35.7 Å². The van der Waals surface area contributed by atoms with Gasteiger partial charge in [-0.15, -0.1) is 0 Å². The first-order chi connectivity index (χ1) is 8.58. The van der Waals surface area contributed by atoms with Crippen LogP contribution in [0.2, 0.25) is 5.02 Å². The topological polar surface area (TPSA) is 26.0 Å². The van der Waals surface area contributed by atoms with Gasteiger partial charge in [-0.3, -0.25) is 0 Å². The first kappa shape index (κ1) is 13.5. The number of hydrogen-bond acceptors (Lipinski definition) is 1. The van der Waals surface area contributed by atoms with Crippen LogP contribution in [-0.2, 0) is 6.42 Å². The first-order valence-corrected chi connectivity index (χ1v) is 6.69. The maximum Gasteiger partial charge on any atom is 0.124 e. The summed E-state index contributed by atoms with van der Waals surface area (Å²) >= 11 is 9.44. The quantitative estimate of drug-likeness (QED) is 0.883. The normalized spacial score (nSPS) is 12.4. The Kier molecular flexibility index (Phi) is 4.38. The summed E-state index contributed by atoms with van der Waals surface area (Å²) in [6.07, 6.45) is 0.602. The second-order valence-electron chi connectivity index (χ2n) is 4.07. The lowest BCUT2D eigenvalue weighted by Gasteiger charge is -2.14. The summed E-state index contributed by atoms with van der Waals surface area (Å²) < 4.78 is 13.7. The number of halogens is 3. The number of rotatable bonds is 3. The molecule has 0 fully saturated rings. The molecule has 0 spiro atoms. The van der Waals surface area contributed by atoms with Crippen molar-refractivity contribution in [2.24, 2.45) is 5.73 Å². The molecule has 0 aromatic heterocycles. The Morgan fingerprint density at radius 2 is 1.94 bits per heavy atom. The maximum absolute atomic E-state index is 13.0. The fraction of sp³-hybridized carbons (Fsp3) is 0.143. The van der Waals surface area contributed by atoms with E-state index in [1.807, 2.05) is 24.3 Å². The van der Waals surface area contributed by atoms with E-state index in [2.05, 4.69) is 15.9 Å². The van der Waals surface area contributed by atoms with Gasteiger partial charge in [0.2, 0.25) is 0 Å². The third-order valence-electron chi connectivity index (χ3n) is 2.76. The SMILES string of the molecule is NC(Cc1ccc(F)cc1Br)c1ccccc1Cl. The molecule has 0 aliphatic carbocycles. The lowest BCUT2D eigenvalue weighted by Crippen LogP contribution is -2.14.